The molecule has 0 rings (SSSR count). The third-order valence-corrected chi connectivity index (χ3v) is 1.86. The third kappa shape index (κ3) is 4.26. The molecule has 0 saturated heterocycles. The van der Waals surface area contributed by atoms with Crippen molar-refractivity contribution in [1.82, 2.24) is 10.2 Å². The maximum Gasteiger partial charge on any atom is 0.328 e. The molecule has 0 bridgehead atoms. The second-order valence-corrected chi connectivity index (χ2v) is 3.41. The molecule has 0 radical (unpaired) electrons. The van der Waals surface area contributed by atoms with Gasteiger partial charge in [-0.15, -0.1) is 0 Å². The fourth-order valence-corrected chi connectivity index (χ4v) is 0.837. The molecular weight excluding hydrogens is 216 g/mol. The zero-order valence-electron chi connectivity index (χ0n) is 9.73. The molecule has 0 spiro atoms. The van der Waals surface area contributed by atoms with E-state index in [0.717, 1.165) is 11.8 Å². The van der Waals surface area contributed by atoms with Gasteiger partial charge in [-0.2, -0.15) is 0 Å². The fraction of sp³-hybridized carbons (Fsp3) is 0.667. The highest BCUT2D eigenvalue weighted by atomic mass is 16.7. The highest BCUT2D eigenvalue weighted by Crippen LogP contribution is 2.06. The molecule has 7 nitrogen and oxygen atoms in total. The van der Waals surface area contributed by atoms with Gasteiger partial charge in [0.15, 0.2) is 0 Å². The molecule has 16 heavy (non-hydrogen) atoms. The van der Waals surface area contributed by atoms with Crippen LogP contribution < -0.4 is 5.32 Å². The van der Waals surface area contributed by atoms with Gasteiger partial charge in [0.05, 0.1) is 0 Å². The summed E-state index contributed by atoms with van der Waals surface area (Å²) < 4.78 is 4.52. The van der Waals surface area contributed by atoms with Gasteiger partial charge in [-0.3, -0.25) is 14.4 Å². The Labute approximate surface area is 93.4 Å². The van der Waals surface area contributed by atoms with Gasteiger partial charge in [-0.05, 0) is 0 Å². The SMILES string of the molecule is CNC(=O)C(C)(O)OC(=O)CN(C)C(C)=O. The Balaban J connectivity index is 4.35. The summed E-state index contributed by atoms with van der Waals surface area (Å²) in [5.74, 6) is -4.27. The standard InChI is InChI=1S/C9H16N2O5/c1-6(12)11(4)5-7(13)16-9(2,15)8(14)10-3/h15H,5H2,1-4H3,(H,10,14). The average Bonchev–Trinajstić information content (AvgIpc) is 2.14. The van der Waals surface area contributed by atoms with Crippen LogP contribution in [0.1, 0.15) is 13.8 Å². The van der Waals surface area contributed by atoms with Crippen LogP contribution in [0.2, 0.25) is 0 Å². The van der Waals surface area contributed by atoms with Gasteiger partial charge in [0.1, 0.15) is 6.54 Å². The maximum atomic E-state index is 11.2. The topological polar surface area (TPSA) is 95.9 Å². The number of aliphatic hydroxyl groups is 1. The highest BCUT2D eigenvalue weighted by Gasteiger charge is 2.34. The van der Waals surface area contributed by atoms with Crippen LogP contribution in [0.5, 0.6) is 0 Å². The molecule has 0 aromatic carbocycles. The zero-order valence-corrected chi connectivity index (χ0v) is 9.73. The minimum atomic E-state index is -2.23. The molecule has 0 aliphatic rings. The van der Waals surface area contributed by atoms with Gasteiger partial charge in [-0.1, -0.05) is 0 Å². The number of nitrogens with zero attached hydrogens (tertiary/aromatic N) is 1. The number of carbonyl (C=O) groups is 3. The summed E-state index contributed by atoms with van der Waals surface area (Å²) in [5.41, 5.74) is 0. The van der Waals surface area contributed by atoms with Gasteiger partial charge in [-0.25, -0.2) is 0 Å². The van der Waals surface area contributed by atoms with Crippen LogP contribution in [-0.2, 0) is 19.1 Å². The molecule has 1 atom stereocenters. The molecule has 92 valence electrons. The van der Waals surface area contributed by atoms with Crippen molar-refractivity contribution in [3.8, 4) is 0 Å². The van der Waals surface area contributed by atoms with Gasteiger partial charge < -0.3 is 20.1 Å². The number of nitrogens with one attached hydrogen (secondary N) is 1. The molecule has 2 amide bonds. The predicted octanol–water partition coefficient (Wildman–Crippen LogP) is -1.54. The first-order valence-electron chi connectivity index (χ1n) is 4.58. The summed E-state index contributed by atoms with van der Waals surface area (Å²) in [5, 5.41) is 11.6. The van der Waals surface area contributed by atoms with E-state index in [1.54, 1.807) is 0 Å². The number of amides is 2. The van der Waals surface area contributed by atoms with E-state index in [1.165, 1.54) is 21.0 Å². The van der Waals surface area contributed by atoms with Gasteiger partial charge in [0.2, 0.25) is 5.91 Å². The first-order valence-corrected chi connectivity index (χ1v) is 4.58. The largest absolute Gasteiger partial charge is 0.422 e. The van der Waals surface area contributed by atoms with Crippen molar-refractivity contribution in [2.75, 3.05) is 20.6 Å². The summed E-state index contributed by atoms with van der Waals surface area (Å²) >= 11 is 0. The summed E-state index contributed by atoms with van der Waals surface area (Å²) in [6.07, 6.45) is 0. The lowest BCUT2D eigenvalue weighted by Gasteiger charge is -2.22. The first-order chi connectivity index (χ1) is 7.20. The van der Waals surface area contributed by atoms with E-state index in [2.05, 4.69) is 10.1 Å². The number of esters is 1. The van der Waals surface area contributed by atoms with E-state index in [4.69, 9.17) is 0 Å². The molecule has 7 heteroatoms. The number of hydrogen-bond donors (Lipinski definition) is 2. The molecule has 0 aliphatic carbocycles. The third-order valence-electron chi connectivity index (χ3n) is 1.86. The zero-order chi connectivity index (χ0) is 12.9. The Kier molecular flexibility index (Phi) is 4.90. The van der Waals surface area contributed by atoms with E-state index in [-0.39, 0.29) is 12.5 Å². The van der Waals surface area contributed by atoms with Crippen LogP contribution in [-0.4, -0.2) is 54.2 Å². The maximum absolute atomic E-state index is 11.2. The summed E-state index contributed by atoms with van der Waals surface area (Å²) in [6, 6.07) is 0. The van der Waals surface area contributed by atoms with E-state index < -0.39 is 17.7 Å². The van der Waals surface area contributed by atoms with Crippen LogP contribution in [0.4, 0.5) is 0 Å². The number of carbonyl (C=O) groups excluding carboxylic acids is 3. The monoisotopic (exact) mass is 232 g/mol. The lowest BCUT2D eigenvalue weighted by molar-refractivity contribution is -0.206. The number of likely N-dealkylation sites (N-methyl/N-ethyl adjacent to an activating group) is 2. The highest BCUT2D eigenvalue weighted by molar-refractivity contribution is 5.86. The Morgan fingerprint density at radius 2 is 1.94 bits per heavy atom. The predicted molar refractivity (Wildman–Crippen MR) is 54.1 cm³/mol. The molecule has 1 unspecified atom stereocenters. The smallest absolute Gasteiger partial charge is 0.328 e. The van der Waals surface area contributed by atoms with Crippen molar-refractivity contribution < 1.29 is 24.2 Å². The van der Waals surface area contributed by atoms with Crippen LogP contribution in [0, 0.1) is 0 Å². The summed E-state index contributed by atoms with van der Waals surface area (Å²) in [7, 11) is 2.70. The van der Waals surface area contributed by atoms with E-state index in [0.29, 0.717) is 0 Å². The van der Waals surface area contributed by atoms with Crippen LogP contribution in [0.25, 0.3) is 0 Å². The molecule has 0 aliphatic heterocycles. The average molecular weight is 232 g/mol. The molecule has 0 aromatic rings. The molecule has 2 N–H and O–H groups in total. The van der Waals surface area contributed by atoms with Crippen molar-refractivity contribution >= 4 is 17.8 Å². The van der Waals surface area contributed by atoms with Crippen LogP contribution in [0.3, 0.4) is 0 Å². The quantitative estimate of drug-likeness (QED) is 0.452. The van der Waals surface area contributed by atoms with Crippen molar-refractivity contribution in [2.24, 2.45) is 0 Å². The number of ether oxygens (including phenoxy) is 1. The Morgan fingerprint density at radius 1 is 1.44 bits per heavy atom. The Hall–Kier alpha value is -1.63. The van der Waals surface area contributed by atoms with E-state index in [9.17, 15) is 19.5 Å². The lowest BCUT2D eigenvalue weighted by atomic mass is 10.3. The summed E-state index contributed by atoms with van der Waals surface area (Å²) in [4.78, 5) is 34.2. The lowest BCUT2D eigenvalue weighted by Crippen LogP contribution is -2.48. The second kappa shape index (κ2) is 5.45. The molecule has 0 fully saturated rings. The minimum Gasteiger partial charge on any atom is -0.422 e. The van der Waals surface area contributed by atoms with Crippen molar-refractivity contribution in [3.05, 3.63) is 0 Å². The first kappa shape index (κ1) is 14.4. The second-order valence-electron chi connectivity index (χ2n) is 3.41. The van der Waals surface area contributed by atoms with Crippen molar-refractivity contribution in [1.29, 1.82) is 0 Å². The number of hydrogen-bond acceptors (Lipinski definition) is 5. The van der Waals surface area contributed by atoms with Crippen molar-refractivity contribution in [2.45, 2.75) is 19.6 Å². The van der Waals surface area contributed by atoms with Gasteiger partial charge in [0.25, 0.3) is 11.7 Å². The number of rotatable bonds is 4. The normalized spacial score (nSPS) is 13.6. The molecule has 0 saturated carbocycles. The van der Waals surface area contributed by atoms with E-state index in [1.807, 2.05) is 0 Å². The van der Waals surface area contributed by atoms with Gasteiger partial charge in [0, 0.05) is 27.9 Å². The molecule has 0 heterocycles. The van der Waals surface area contributed by atoms with Crippen LogP contribution in [0.15, 0.2) is 0 Å². The van der Waals surface area contributed by atoms with E-state index >= 15 is 0 Å². The Morgan fingerprint density at radius 3 is 2.31 bits per heavy atom. The molecular formula is C9H16N2O5. The molecule has 0 aromatic heterocycles. The Bertz CT molecular complexity index is 300. The fourth-order valence-electron chi connectivity index (χ4n) is 0.837. The summed E-state index contributed by atoms with van der Waals surface area (Å²) in [6.45, 7) is 1.99. The van der Waals surface area contributed by atoms with Crippen molar-refractivity contribution in [3.63, 3.8) is 0 Å². The van der Waals surface area contributed by atoms with Crippen LogP contribution >= 0.6 is 0 Å². The minimum absolute atomic E-state index is 0.323. The van der Waals surface area contributed by atoms with Gasteiger partial charge >= 0.3 is 5.97 Å².